The van der Waals surface area contributed by atoms with Crippen molar-refractivity contribution < 1.29 is 0 Å². The summed E-state index contributed by atoms with van der Waals surface area (Å²) in [5, 5.41) is 0.497. The summed E-state index contributed by atoms with van der Waals surface area (Å²) >= 11 is 0. The molecule has 0 fully saturated rings. The fraction of sp³-hybridized carbons (Fsp3) is 0.818. The zero-order valence-electron chi connectivity index (χ0n) is 9.57. The van der Waals surface area contributed by atoms with Gasteiger partial charge in [-0.25, -0.2) is 0 Å². The smallest absolute Gasteiger partial charge is 0.0766 e. The molecule has 12 heavy (non-hydrogen) atoms. The normalized spacial score (nSPS) is 14.2. The van der Waals surface area contributed by atoms with Gasteiger partial charge in [0.2, 0.25) is 0 Å². The summed E-state index contributed by atoms with van der Waals surface area (Å²) in [6, 6.07) is 0. The molecule has 0 aliphatic heterocycles. The summed E-state index contributed by atoms with van der Waals surface area (Å²) in [5.41, 5.74) is 2.50. The average molecular weight is 184 g/mol. The molecular formula is C11H24Si. The van der Waals surface area contributed by atoms with Gasteiger partial charge in [0.25, 0.3) is 0 Å². The SMILES string of the molecule is CCC/C=C\[Si](C)(C)C(C)(C)C. The lowest BCUT2D eigenvalue weighted by atomic mass is 10.2. The highest BCUT2D eigenvalue weighted by molar-refractivity contribution is 6.84. The third-order valence-corrected chi connectivity index (χ3v) is 7.86. The maximum atomic E-state index is 2.50. The fourth-order valence-electron chi connectivity index (χ4n) is 0.795. The predicted molar refractivity (Wildman–Crippen MR) is 61.2 cm³/mol. The average Bonchev–Trinajstić information content (AvgIpc) is 1.85. The molecule has 0 unspecified atom stereocenters. The quantitative estimate of drug-likeness (QED) is 0.571. The minimum atomic E-state index is -1.12. The van der Waals surface area contributed by atoms with Gasteiger partial charge in [0.1, 0.15) is 0 Å². The molecule has 0 spiro atoms. The largest absolute Gasteiger partial charge is 0.0981 e. The van der Waals surface area contributed by atoms with Crippen molar-refractivity contribution in [3.05, 3.63) is 11.8 Å². The highest BCUT2D eigenvalue weighted by Gasteiger charge is 2.31. The number of unbranched alkanes of at least 4 members (excludes halogenated alkanes) is 1. The Balaban J connectivity index is 4.22. The van der Waals surface area contributed by atoms with Gasteiger partial charge in [-0.05, 0) is 11.5 Å². The first-order chi connectivity index (χ1) is 5.31. The van der Waals surface area contributed by atoms with Crippen molar-refractivity contribution in [2.45, 2.75) is 58.7 Å². The Morgan fingerprint density at radius 3 is 2.00 bits per heavy atom. The number of hydrogen-bond acceptors (Lipinski definition) is 0. The van der Waals surface area contributed by atoms with Gasteiger partial charge in [-0.15, -0.1) is 0 Å². The van der Waals surface area contributed by atoms with Crippen LogP contribution >= 0.6 is 0 Å². The van der Waals surface area contributed by atoms with E-state index in [0.29, 0.717) is 5.04 Å². The van der Waals surface area contributed by atoms with E-state index in [0.717, 1.165) is 0 Å². The molecule has 0 nitrogen and oxygen atoms in total. The Morgan fingerprint density at radius 1 is 1.17 bits per heavy atom. The molecule has 0 radical (unpaired) electrons. The number of hydrogen-bond donors (Lipinski definition) is 0. The van der Waals surface area contributed by atoms with Gasteiger partial charge in [-0.3, -0.25) is 0 Å². The summed E-state index contributed by atoms with van der Waals surface area (Å²) in [6.07, 6.45) is 4.88. The molecular weight excluding hydrogens is 160 g/mol. The Kier molecular flexibility index (Phi) is 4.25. The van der Waals surface area contributed by atoms with Gasteiger partial charge in [-0.2, -0.15) is 0 Å². The lowest BCUT2D eigenvalue weighted by Gasteiger charge is -2.34. The van der Waals surface area contributed by atoms with Crippen LogP contribution < -0.4 is 0 Å². The van der Waals surface area contributed by atoms with Crippen LogP contribution in [0.25, 0.3) is 0 Å². The second-order valence-electron chi connectivity index (χ2n) is 5.16. The second kappa shape index (κ2) is 4.27. The summed E-state index contributed by atoms with van der Waals surface area (Å²) in [4.78, 5) is 0. The Labute approximate surface area is 79.1 Å². The molecule has 0 N–H and O–H groups in total. The molecule has 0 amide bonds. The zero-order valence-corrected chi connectivity index (χ0v) is 10.6. The molecule has 0 aromatic carbocycles. The van der Waals surface area contributed by atoms with E-state index in [1.54, 1.807) is 0 Å². The lowest BCUT2D eigenvalue weighted by Crippen LogP contribution is -2.34. The number of allylic oxidation sites excluding steroid dienone is 1. The van der Waals surface area contributed by atoms with E-state index in [2.05, 4.69) is 52.6 Å². The van der Waals surface area contributed by atoms with E-state index in [9.17, 15) is 0 Å². The summed E-state index contributed by atoms with van der Waals surface area (Å²) in [6.45, 7) is 14.2. The molecule has 0 rings (SSSR count). The van der Waals surface area contributed by atoms with Gasteiger partial charge in [0.05, 0.1) is 8.07 Å². The van der Waals surface area contributed by atoms with Crippen LogP contribution in [0.3, 0.4) is 0 Å². The molecule has 0 heterocycles. The third-order valence-electron chi connectivity index (χ3n) is 2.92. The topological polar surface area (TPSA) is 0 Å². The molecule has 72 valence electrons. The Hall–Kier alpha value is -0.0431. The number of rotatable bonds is 3. The standard InChI is InChI=1S/C11H24Si/c1-7-8-9-10-12(5,6)11(2,3)4/h9-10H,7-8H2,1-6H3/b10-9-. The van der Waals surface area contributed by atoms with Gasteiger partial charge in [0, 0.05) is 0 Å². The summed E-state index contributed by atoms with van der Waals surface area (Å²) in [7, 11) is -1.12. The Morgan fingerprint density at radius 2 is 1.67 bits per heavy atom. The molecule has 0 aromatic rings. The minimum Gasteiger partial charge on any atom is -0.0981 e. The van der Waals surface area contributed by atoms with Crippen LogP contribution in [0.2, 0.25) is 18.1 Å². The van der Waals surface area contributed by atoms with Crippen LogP contribution in [0.15, 0.2) is 11.8 Å². The van der Waals surface area contributed by atoms with Crippen molar-refractivity contribution >= 4 is 8.07 Å². The predicted octanol–water partition coefficient (Wildman–Crippen LogP) is 4.39. The van der Waals surface area contributed by atoms with E-state index in [1.165, 1.54) is 12.8 Å². The van der Waals surface area contributed by atoms with Crippen LogP contribution in [0.5, 0.6) is 0 Å². The van der Waals surface area contributed by atoms with Crippen molar-refractivity contribution in [3.63, 3.8) is 0 Å². The molecule has 0 saturated heterocycles. The molecule has 0 aliphatic carbocycles. The van der Waals surface area contributed by atoms with Crippen molar-refractivity contribution in [2.75, 3.05) is 0 Å². The second-order valence-corrected chi connectivity index (χ2v) is 10.4. The zero-order chi connectivity index (χ0) is 9.83. The van der Waals surface area contributed by atoms with E-state index < -0.39 is 8.07 Å². The van der Waals surface area contributed by atoms with E-state index >= 15 is 0 Å². The maximum absolute atomic E-state index is 2.50. The van der Waals surface area contributed by atoms with Crippen LogP contribution in [-0.4, -0.2) is 8.07 Å². The Bertz CT molecular complexity index is 149. The molecule has 0 aromatic heterocycles. The monoisotopic (exact) mass is 184 g/mol. The van der Waals surface area contributed by atoms with Crippen molar-refractivity contribution in [2.24, 2.45) is 0 Å². The summed E-state index contributed by atoms with van der Waals surface area (Å²) in [5.74, 6) is 0. The van der Waals surface area contributed by atoms with Gasteiger partial charge >= 0.3 is 0 Å². The van der Waals surface area contributed by atoms with Crippen LogP contribution in [0, 0.1) is 0 Å². The first-order valence-electron chi connectivity index (χ1n) is 4.99. The molecule has 1 heteroatoms. The summed E-state index contributed by atoms with van der Waals surface area (Å²) < 4.78 is 0. The first-order valence-corrected chi connectivity index (χ1v) is 8.06. The molecule has 0 aliphatic rings. The first kappa shape index (κ1) is 12.0. The highest BCUT2D eigenvalue weighted by Crippen LogP contribution is 2.36. The van der Waals surface area contributed by atoms with Gasteiger partial charge in [-0.1, -0.05) is 59.0 Å². The highest BCUT2D eigenvalue weighted by atomic mass is 28.3. The fourth-order valence-corrected chi connectivity index (χ4v) is 2.05. The maximum Gasteiger partial charge on any atom is 0.0766 e. The van der Waals surface area contributed by atoms with E-state index in [4.69, 9.17) is 0 Å². The molecule has 0 saturated carbocycles. The molecule has 0 atom stereocenters. The van der Waals surface area contributed by atoms with E-state index in [-0.39, 0.29) is 0 Å². The van der Waals surface area contributed by atoms with Gasteiger partial charge < -0.3 is 0 Å². The third kappa shape index (κ3) is 3.57. The molecule has 0 bridgehead atoms. The van der Waals surface area contributed by atoms with Crippen LogP contribution in [0.1, 0.15) is 40.5 Å². The van der Waals surface area contributed by atoms with Crippen LogP contribution in [0.4, 0.5) is 0 Å². The van der Waals surface area contributed by atoms with Gasteiger partial charge in [0.15, 0.2) is 0 Å². The van der Waals surface area contributed by atoms with Crippen molar-refractivity contribution in [1.82, 2.24) is 0 Å². The lowest BCUT2D eigenvalue weighted by molar-refractivity contribution is 0.728. The van der Waals surface area contributed by atoms with Crippen molar-refractivity contribution in [3.8, 4) is 0 Å². The van der Waals surface area contributed by atoms with Crippen LogP contribution in [-0.2, 0) is 0 Å². The minimum absolute atomic E-state index is 0.497. The van der Waals surface area contributed by atoms with Crippen molar-refractivity contribution in [1.29, 1.82) is 0 Å². The van der Waals surface area contributed by atoms with E-state index in [1.807, 2.05) is 0 Å².